The van der Waals surface area contributed by atoms with Crippen LogP contribution < -0.4 is 21.3 Å². The van der Waals surface area contributed by atoms with Crippen LogP contribution in [0.2, 0.25) is 0 Å². The second kappa shape index (κ2) is 12.3. The highest BCUT2D eigenvalue weighted by atomic mass is 16.2. The third kappa shape index (κ3) is 7.28. The normalized spacial score (nSPS) is 30.9. The van der Waals surface area contributed by atoms with Crippen molar-refractivity contribution in [3.63, 3.8) is 0 Å². The van der Waals surface area contributed by atoms with E-state index in [2.05, 4.69) is 35.1 Å². The fourth-order valence-electron chi connectivity index (χ4n) is 8.04. The largest absolute Gasteiger partial charge is 0.347 e. The van der Waals surface area contributed by atoms with Crippen molar-refractivity contribution in [2.75, 3.05) is 13.1 Å². The summed E-state index contributed by atoms with van der Waals surface area (Å²) >= 11 is 0. The van der Waals surface area contributed by atoms with Crippen LogP contribution in [-0.4, -0.2) is 93.9 Å². The highest BCUT2D eigenvalue weighted by Gasteiger charge is 2.71. The third-order valence-electron chi connectivity index (χ3n) is 11.9. The van der Waals surface area contributed by atoms with E-state index < -0.39 is 69.4 Å². The van der Waals surface area contributed by atoms with Gasteiger partial charge < -0.3 is 26.2 Å². The summed E-state index contributed by atoms with van der Waals surface area (Å²) in [6.45, 7) is 21.2. The van der Waals surface area contributed by atoms with Gasteiger partial charge in [-0.2, -0.15) is 0 Å². The number of hydrogen-bond acceptors (Lipinski definition) is 7. The number of amides is 7. The molecule has 3 aliphatic carbocycles. The molecule has 7 amide bonds. The maximum Gasteiger partial charge on any atom is 0.315 e. The van der Waals surface area contributed by atoms with E-state index in [-0.39, 0.29) is 60.4 Å². The molecule has 0 aromatic carbocycles. The van der Waals surface area contributed by atoms with Gasteiger partial charge in [-0.05, 0) is 58.7 Å². The number of imide groups is 1. The second-order valence-corrected chi connectivity index (χ2v) is 19.3. The first-order valence-electron chi connectivity index (χ1n) is 18.2. The molecular formula is C37H58N6O7. The summed E-state index contributed by atoms with van der Waals surface area (Å²) in [7, 11) is 0. The molecule has 0 bridgehead atoms. The van der Waals surface area contributed by atoms with Crippen molar-refractivity contribution in [2.24, 2.45) is 39.4 Å². The Morgan fingerprint density at radius 3 is 1.92 bits per heavy atom. The van der Waals surface area contributed by atoms with Crippen molar-refractivity contribution >= 4 is 41.4 Å². The molecule has 5 fully saturated rings. The van der Waals surface area contributed by atoms with Crippen molar-refractivity contribution in [2.45, 2.75) is 138 Å². The number of ketones is 1. The van der Waals surface area contributed by atoms with Gasteiger partial charge in [0.2, 0.25) is 29.4 Å². The number of carbonyl (C=O) groups excluding carboxylic acids is 7. The van der Waals surface area contributed by atoms with Gasteiger partial charge in [-0.25, -0.2) is 4.79 Å². The van der Waals surface area contributed by atoms with Crippen molar-refractivity contribution in [3.05, 3.63) is 0 Å². The molecule has 0 aromatic heterocycles. The summed E-state index contributed by atoms with van der Waals surface area (Å²) in [5.74, 6) is -3.07. The van der Waals surface area contributed by atoms with Gasteiger partial charge in [-0.1, -0.05) is 76.2 Å². The number of Topliss-reactive ketones (excluding diaryl/α,β-unsaturated/α-hetero) is 1. The molecule has 0 aromatic rings. The molecule has 0 unspecified atom stereocenters. The molecule has 7 atom stereocenters. The fourth-order valence-corrected chi connectivity index (χ4v) is 8.04. The number of piperidine rings is 2. The molecule has 5 rings (SSSR count). The maximum absolute atomic E-state index is 14.5. The Hall–Kier alpha value is -3.51. The number of likely N-dealkylation sites (tertiary alicyclic amines) is 2. The molecule has 0 spiro atoms. The van der Waals surface area contributed by atoms with Gasteiger partial charge in [-0.15, -0.1) is 0 Å². The lowest BCUT2D eigenvalue weighted by Crippen LogP contribution is -2.63. The van der Waals surface area contributed by atoms with Crippen LogP contribution in [0.5, 0.6) is 0 Å². The minimum Gasteiger partial charge on any atom is -0.347 e. The molecule has 278 valence electrons. The Balaban J connectivity index is 1.31. The summed E-state index contributed by atoms with van der Waals surface area (Å²) in [4.78, 5) is 97.0. The predicted octanol–water partition coefficient (Wildman–Crippen LogP) is 2.52. The number of nitrogens with one attached hydrogen (secondary N) is 4. The highest BCUT2D eigenvalue weighted by Crippen LogP contribution is 2.65. The standard InChI is InChI=1S/C37H58N6O7/c1-19-14-37(19,28(46)30(48)38-20-12-13-20)41-29(47)26-25-21(36(25,10)11)17-43(26)31(49)27(34(5,6)7)40-32(50)39-22(33(2,3)4)18-42-23(44)15-35(8,9)16-24(42)45/h19-22,25-27H,12-18H2,1-11H3,(H,38,48)(H,41,47)(H2,39,40,50)/t19-,21-,22+,25-,26-,27+,37+/m0/s1. The molecule has 5 aliphatic rings. The quantitative estimate of drug-likeness (QED) is 0.200. The molecular weight excluding hydrogens is 640 g/mol. The van der Waals surface area contributed by atoms with Gasteiger partial charge in [0.1, 0.15) is 17.6 Å². The Labute approximate surface area is 296 Å². The fraction of sp³-hybridized carbons (Fsp3) is 0.811. The van der Waals surface area contributed by atoms with E-state index >= 15 is 0 Å². The highest BCUT2D eigenvalue weighted by molar-refractivity contribution is 6.41. The summed E-state index contributed by atoms with van der Waals surface area (Å²) < 4.78 is 0. The number of nitrogens with zero attached hydrogens (tertiary/aromatic N) is 2. The van der Waals surface area contributed by atoms with Gasteiger partial charge in [0, 0.05) is 32.0 Å². The predicted molar refractivity (Wildman–Crippen MR) is 185 cm³/mol. The first-order chi connectivity index (χ1) is 22.8. The van der Waals surface area contributed by atoms with Crippen LogP contribution in [0.3, 0.4) is 0 Å². The zero-order valence-electron chi connectivity index (χ0n) is 31.7. The molecule has 2 heterocycles. The van der Waals surface area contributed by atoms with Crippen molar-refractivity contribution in [3.8, 4) is 0 Å². The Morgan fingerprint density at radius 1 is 0.880 bits per heavy atom. The topological polar surface area (TPSA) is 174 Å². The molecule has 50 heavy (non-hydrogen) atoms. The van der Waals surface area contributed by atoms with E-state index in [0.29, 0.717) is 13.0 Å². The summed E-state index contributed by atoms with van der Waals surface area (Å²) in [6.07, 6.45) is 2.47. The third-order valence-corrected chi connectivity index (χ3v) is 11.9. The average Bonchev–Trinajstić information content (AvgIpc) is 3.90. The van der Waals surface area contributed by atoms with Crippen LogP contribution in [0.25, 0.3) is 0 Å². The van der Waals surface area contributed by atoms with Crippen molar-refractivity contribution < 1.29 is 33.6 Å². The monoisotopic (exact) mass is 698 g/mol. The van der Waals surface area contributed by atoms with Gasteiger partial charge >= 0.3 is 6.03 Å². The van der Waals surface area contributed by atoms with Gasteiger partial charge in [0.15, 0.2) is 0 Å². The smallest absolute Gasteiger partial charge is 0.315 e. The zero-order valence-corrected chi connectivity index (χ0v) is 31.7. The Bertz CT molecular complexity index is 1470. The molecule has 0 radical (unpaired) electrons. The molecule has 13 heteroatoms. The van der Waals surface area contributed by atoms with Crippen molar-refractivity contribution in [1.82, 2.24) is 31.1 Å². The van der Waals surface area contributed by atoms with Crippen molar-refractivity contribution in [1.29, 1.82) is 0 Å². The van der Waals surface area contributed by atoms with Crippen LogP contribution in [0, 0.1) is 39.4 Å². The molecule has 2 saturated heterocycles. The van der Waals surface area contributed by atoms with Gasteiger partial charge in [0.25, 0.3) is 5.91 Å². The lowest BCUT2D eigenvalue weighted by Gasteiger charge is -2.41. The minimum atomic E-state index is -1.29. The van der Waals surface area contributed by atoms with Crippen LogP contribution in [0.1, 0.15) is 108 Å². The second-order valence-electron chi connectivity index (χ2n) is 19.3. The number of carbonyl (C=O) groups is 7. The molecule has 3 saturated carbocycles. The molecule has 2 aliphatic heterocycles. The van der Waals surface area contributed by atoms with E-state index in [1.165, 1.54) is 9.80 Å². The van der Waals surface area contributed by atoms with Crippen LogP contribution in [0.4, 0.5) is 4.79 Å². The lowest BCUT2D eigenvalue weighted by atomic mass is 9.80. The SMILES string of the molecule is C[C@H]1C[C@]1(NC(=O)[C@@H]1[C@@H]2[C@H](CN1C(=O)[C@@H](NC(=O)N[C@H](CN1C(=O)CC(C)(C)CC1=O)C(C)(C)C)C(C)(C)C)C2(C)C)C(=O)C(=O)NC1CC1. The lowest BCUT2D eigenvalue weighted by molar-refractivity contribution is -0.153. The molecule has 13 nitrogen and oxygen atoms in total. The van der Waals surface area contributed by atoms with Gasteiger partial charge in [0.05, 0.1) is 6.04 Å². The van der Waals surface area contributed by atoms with E-state index in [9.17, 15) is 33.6 Å². The first-order valence-corrected chi connectivity index (χ1v) is 18.2. The number of rotatable bonds is 10. The van der Waals surface area contributed by atoms with E-state index in [0.717, 1.165) is 12.8 Å². The summed E-state index contributed by atoms with van der Waals surface area (Å²) in [5.41, 5.74) is -3.22. The average molecular weight is 699 g/mol. The maximum atomic E-state index is 14.5. The van der Waals surface area contributed by atoms with Crippen LogP contribution >= 0.6 is 0 Å². The van der Waals surface area contributed by atoms with Gasteiger partial charge in [-0.3, -0.25) is 33.7 Å². The minimum absolute atomic E-state index is 0.00316. The van der Waals surface area contributed by atoms with Crippen LogP contribution in [-0.2, 0) is 28.8 Å². The van der Waals surface area contributed by atoms with E-state index in [1.807, 2.05) is 62.3 Å². The summed E-state index contributed by atoms with van der Waals surface area (Å²) in [5, 5.41) is 11.5. The van der Waals surface area contributed by atoms with E-state index in [4.69, 9.17) is 0 Å². The Morgan fingerprint density at radius 2 is 1.44 bits per heavy atom. The summed E-state index contributed by atoms with van der Waals surface area (Å²) in [6, 6.07) is -3.14. The van der Waals surface area contributed by atoms with Crippen LogP contribution in [0.15, 0.2) is 0 Å². The van der Waals surface area contributed by atoms with E-state index in [1.54, 1.807) is 0 Å². The number of fused-ring (bicyclic) bond motifs is 1. The number of hydrogen-bond donors (Lipinski definition) is 4. The molecule has 4 N–H and O–H groups in total. The zero-order chi connectivity index (χ0) is 37.5. The number of urea groups is 1. The first kappa shape index (κ1) is 37.7. The Kier molecular flexibility index (Phi) is 9.30.